The third-order valence-corrected chi connectivity index (χ3v) is 4.79. The summed E-state index contributed by atoms with van der Waals surface area (Å²) < 4.78 is 0. The van der Waals surface area contributed by atoms with Crippen molar-refractivity contribution in [3.63, 3.8) is 0 Å². The number of likely N-dealkylation sites (tertiary alicyclic amines) is 1. The highest BCUT2D eigenvalue weighted by atomic mass is 16.2. The molecule has 5 nitrogen and oxygen atoms in total. The van der Waals surface area contributed by atoms with Crippen LogP contribution in [0, 0.1) is 12.3 Å². The van der Waals surface area contributed by atoms with Crippen LogP contribution in [0.1, 0.15) is 37.2 Å². The first-order chi connectivity index (χ1) is 9.67. The van der Waals surface area contributed by atoms with Gasteiger partial charge in [0.1, 0.15) is 5.82 Å². The number of amides is 1. The van der Waals surface area contributed by atoms with Crippen molar-refractivity contribution in [2.75, 3.05) is 26.2 Å². The van der Waals surface area contributed by atoms with Gasteiger partial charge in [0.15, 0.2) is 0 Å². The molecule has 5 heteroatoms. The Bertz CT molecular complexity index is 476. The molecule has 0 saturated carbocycles. The minimum Gasteiger partial charge on any atom is -0.346 e. The molecule has 0 radical (unpaired) electrons. The van der Waals surface area contributed by atoms with Gasteiger partial charge in [0.2, 0.25) is 5.91 Å². The second-order valence-electron chi connectivity index (χ2n) is 6.33. The lowest BCUT2D eigenvalue weighted by molar-refractivity contribution is -0.138. The zero-order valence-corrected chi connectivity index (χ0v) is 12.2. The molecule has 2 fully saturated rings. The molecule has 0 aliphatic carbocycles. The van der Waals surface area contributed by atoms with Gasteiger partial charge < -0.3 is 15.2 Å². The lowest BCUT2D eigenvalue weighted by atomic mass is 9.73. The van der Waals surface area contributed by atoms with Crippen LogP contribution in [0.25, 0.3) is 0 Å². The standard InChI is InChI=1S/C15H24N4O/c1-12-10-17-13(18-12)3-9-19-11-15(4-2-14(19)20)5-7-16-8-6-15/h10,16H,2-9,11H2,1H3,(H,17,18). The minimum atomic E-state index is 0.317. The third kappa shape index (κ3) is 2.87. The van der Waals surface area contributed by atoms with E-state index in [4.69, 9.17) is 0 Å². The predicted octanol–water partition coefficient (Wildman–Crippen LogP) is 1.25. The minimum absolute atomic E-state index is 0.317. The second kappa shape index (κ2) is 5.56. The number of nitrogens with zero attached hydrogens (tertiary/aromatic N) is 2. The number of piperidine rings is 2. The van der Waals surface area contributed by atoms with Gasteiger partial charge in [0, 0.05) is 37.8 Å². The third-order valence-electron chi connectivity index (χ3n) is 4.79. The van der Waals surface area contributed by atoms with E-state index in [2.05, 4.69) is 20.2 Å². The van der Waals surface area contributed by atoms with Gasteiger partial charge in [-0.3, -0.25) is 4.79 Å². The average Bonchev–Trinajstić information content (AvgIpc) is 2.87. The summed E-state index contributed by atoms with van der Waals surface area (Å²) in [5, 5.41) is 3.42. The highest BCUT2D eigenvalue weighted by Gasteiger charge is 2.39. The molecule has 3 rings (SSSR count). The summed E-state index contributed by atoms with van der Waals surface area (Å²) in [6.07, 6.45) is 6.88. The van der Waals surface area contributed by atoms with E-state index in [9.17, 15) is 4.79 Å². The van der Waals surface area contributed by atoms with Gasteiger partial charge in [-0.05, 0) is 44.7 Å². The van der Waals surface area contributed by atoms with Gasteiger partial charge in [0.05, 0.1) is 0 Å². The van der Waals surface area contributed by atoms with Gasteiger partial charge in [-0.2, -0.15) is 0 Å². The van der Waals surface area contributed by atoms with Crippen molar-refractivity contribution in [2.24, 2.45) is 5.41 Å². The van der Waals surface area contributed by atoms with E-state index in [1.165, 1.54) is 12.8 Å². The van der Waals surface area contributed by atoms with Gasteiger partial charge >= 0.3 is 0 Å². The Kier molecular flexibility index (Phi) is 3.78. The fourth-order valence-electron chi connectivity index (χ4n) is 3.51. The molecular formula is C15H24N4O. The van der Waals surface area contributed by atoms with E-state index in [1.54, 1.807) is 0 Å². The number of aromatic nitrogens is 2. The fraction of sp³-hybridized carbons (Fsp3) is 0.733. The molecule has 0 atom stereocenters. The predicted molar refractivity (Wildman–Crippen MR) is 77.4 cm³/mol. The molecule has 1 aromatic rings. The highest BCUT2D eigenvalue weighted by Crippen LogP contribution is 2.38. The summed E-state index contributed by atoms with van der Waals surface area (Å²) >= 11 is 0. The molecule has 1 spiro atoms. The molecule has 2 aliphatic heterocycles. The number of rotatable bonds is 3. The Labute approximate surface area is 120 Å². The van der Waals surface area contributed by atoms with E-state index >= 15 is 0 Å². The normalized spacial score (nSPS) is 22.4. The number of aromatic amines is 1. The van der Waals surface area contributed by atoms with Gasteiger partial charge in [-0.1, -0.05) is 0 Å². The summed E-state index contributed by atoms with van der Waals surface area (Å²) in [5.41, 5.74) is 1.46. The number of H-pyrrole nitrogens is 1. The largest absolute Gasteiger partial charge is 0.346 e. The van der Waals surface area contributed by atoms with Crippen LogP contribution in [0.2, 0.25) is 0 Å². The number of hydrogen-bond acceptors (Lipinski definition) is 3. The molecule has 0 bridgehead atoms. The molecule has 3 heterocycles. The topological polar surface area (TPSA) is 61.0 Å². The maximum Gasteiger partial charge on any atom is 0.222 e. The lowest BCUT2D eigenvalue weighted by Gasteiger charge is -2.45. The molecule has 0 unspecified atom stereocenters. The fourth-order valence-corrected chi connectivity index (χ4v) is 3.51. The number of carbonyl (C=O) groups excluding carboxylic acids is 1. The van der Waals surface area contributed by atoms with Crippen molar-refractivity contribution >= 4 is 5.91 Å². The van der Waals surface area contributed by atoms with Gasteiger partial charge in [-0.25, -0.2) is 4.98 Å². The number of aryl methyl sites for hydroxylation is 1. The van der Waals surface area contributed by atoms with Crippen LogP contribution in [0.3, 0.4) is 0 Å². The smallest absolute Gasteiger partial charge is 0.222 e. The molecule has 0 aromatic carbocycles. The lowest BCUT2D eigenvalue weighted by Crippen LogP contribution is -2.51. The van der Waals surface area contributed by atoms with E-state index in [0.717, 1.165) is 57.0 Å². The average molecular weight is 276 g/mol. The number of carbonyl (C=O) groups is 1. The van der Waals surface area contributed by atoms with E-state index in [0.29, 0.717) is 11.3 Å². The van der Waals surface area contributed by atoms with Crippen LogP contribution >= 0.6 is 0 Å². The summed E-state index contributed by atoms with van der Waals surface area (Å²) in [6.45, 7) is 5.93. The molecule has 2 N–H and O–H groups in total. The Morgan fingerprint density at radius 3 is 2.85 bits per heavy atom. The van der Waals surface area contributed by atoms with Crippen LogP contribution in [0.4, 0.5) is 0 Å². The van der Waals surface area contributed by atoms with Crippen LogP contribution in [0.15, 0.2) is 6.20 Å². The zero-order chi connectivity index (χ0) is 14.0. The maximum atomic E-state index is 12.1. The summed E-state index contributed by atoms with van der Waals surface area (Å²) in [5.74, 6) is 1.30. The SMILES string of the molecule is Cc1cnc(CCN2CC3(CCNCC3)CCC2=O)[nH]1. The van der Waals surface area contributed by atoms with Crippen LogP contribution in [-0.2, 0) is 11.2 Å². The Balaban J connectivity index is 1.60. The summed E-state index contributed by atoms with van der Waals surface area (Å²) in [4.78, 5) is 21.8. The molecule has 2 saturated heterocycles. The maximum absolute atomic E-state index is 12.1. The van der Waals surface area contributed by atoms with Crippen molar-refractivity contribution < 1.29 is 4.79 Å². The summed E-state index contributed by atoms with van der Waals surface area (Å²) in [7, 11) is 0. The molecule has 2 aliphatic rings. The number of imidazole rings is 1. The van der Waals surface area contributed by atoms with Crippen molar-refractivity contribution in [2.45, 2.75) is 39.0 Å². The van der Waals surface area contributed by atoms with Crippen LogP contribution in [-0.4, -0.2) is 47.0 Å². The van der Waals surface area contributed by atoms with E-state index in [1.807, 2.05) is 13.1 Å². The second-order valence-corrected chi connectivity index (χ2v) is 6.33. The van der Waals surface area contributed by atoms with Gasteiger partial charge in [-0.15, -0.1) is 0 Å². The van der Waals surface area contributed by atoms with E-state index in [-0.39, 0.29) is 0 Å². The number of nitrogens with one attached hydrogen (secondary N) is 2. The van der Waals surface area contributed by atoms with Crippen molar-refractivity contribution in [3.8, 4) is 0 Å². The highest BCUT2D eigenvalue weighted by molar-refractivity contribution is 5.77. The molecular weight excluding hydrogens is 252 g/mol. The molecule has 1 aromatic heterocycles. The number of hydrogen-bond donors (Lipinski definition) is 2. The van der Waals surface area contributed by atoms with Crippen molar-refractivity contribution in [1.29, 1.82) is 0 Å². The molecule has 20 heavy (non-hydrogen) atoms. The summed E-state index contributed by atoms with van der Waals surface area (Å²) in [6, 6.07) is 0. The first-order valence-corrected chi connectivity index (χ1v) is 7.66. The van der Waals surface area contributed by atoms with E-state index < -0.39 is 0 Å². The first kappa shape index (κ1) is 13.6. The van der Waals surface area contributed by atoms with Crippen molar-refractivity contribution in [3.05, 3.63) is 17.7 Å². The van der Waals surface area contributed by atoms with Crippen LogP contribution in [0.5, 0.6) is 0 Å². The quantitative estimate of drug-likeness (QED) is 0.873. The molecule has 1 amide bonds. The van der Waals surface area contributed by atoms with Crippen molar-refractivity contribution in [1.82, 2.24) is 20.2 Å². The Morgan fingerprint density at radius 1 is 1.35 bits per heavy atom. The van der Waals surface area contributed by atoms with Crippen LogP contribution < -0.4 is 5.32 Å². The monoisotopic (exact) mass is 276 g/mol. The first-order valence-electron chi connectivity index (χ1n) is 7.66. The zero-order valence-electron chi connectivity index (χ0n) is 12.2. The molecule has 110 valence electrons. The Morgan fingerprint density at radius 2 is 2.15 bits per heavy atom. The van der Waals surface area contributed by atoms with Gasteiger partial charge in [0.25, 0.3) is 0 Å². The Hall–Kier alpha value is -1.36.